The maximum atomic E-state index is 12.6. The smallest absolute Gasteiger partial charge is 0.347 e. The van der Waals surface area contributed by atoms with Crippen molar-refractivity contribution in [2.45, 2.75) is 18.5 Å². The Morgan fingerprint density at radius 1 is 1.06 bits per heavy atom. The fraction of sp³-hybridized carbons (Fsp3) is 0.238. The average molecular weight is 429 g/mol. The maximum Gasteiger partial charge on any atom is 0.416 e. The molecule has 3 aromatic rings. The molecule has 1 heterocycles. The average Bonchev–Trinajstić information content (AvgIpc) is 3.37. The predicted molar refractivity (Wildman–Crippen MR) is 105 cm³/mol. The molecule has 4 rings (SSSR count). The number of hydrogen-bond donors (Lipinski definition) is 2. The largest absolute Gasteiger partial charge is 0.416 e. The van der Waals surface area contributed by atoms with Crippen LogP contribution in [0.4, 0.5) is 18.9 Å². The number of nitrogens with one attached hydrogen (secondary N) is 2. The number of anilines is 1. The Labute approximate surface area is 175 Å². The number of rotatable bonds is 6. The minimum absolute atomic E-state index is 0.130. The zero-order valence-corrected chi connectivity index (χ0v) is 16.1. The number of nitrogens with zero attached hydrogens (tertiary/aromatic N) is 3. The fourth-order valence-corrected chi connectivity index (χ4v) is 3.32. The van der Waals surface area contributed by atoms with Crippen LogP contribution in [0.1, 0.15) is 23.5 Å². The van der Waals surface area contributed by atoms with Crippen molar-refractivity contribution in [3.8, 4) is 5.69 Å². The Kier molecular flexibility index (Phi) is 5.45. The van der Waals surface area contributed by atoms with Gasteiger partial charge in [0.2, 0.25) is 11.8 Å². The van der Waals surface area contributed by atoms with Gasteiger partial charge in [0, 0.05) is 11.6 Å². The summed E-state index contributed by atoms with van der Waals surface area (Å²) < 4.78 is 39.5. The summed E-state index contributed by atoms with van der Waals surface area (Å²) in [5.74, 6) is -1.14. The molecule has 0 aliphatic heterocycles. The van der Waals surface area contributed by atoms with Gasteiger partial charge in [-0.15, -0.1) is 0 Å². The first-order chi connectivity index (χ1) is 14.8. The number of benzene rings is 2. The number of alkyl halides is 3. The molecule has 2 N–H and O–H groups in total. The molecule has 2 aromatic carbocycles. The lowest BCUT2D eigenvalue weighted by atomic mass is 10.1. The molecule has 7 nitrogen and oxygen atoms in total. The summed E-state index contributed by atoms with van der Waals surface area (Å²) in [6, 6.07) is 11.8. The zero-order valence-electron chi connectivity index (χ0n) is 16.1. The van der Waals surface area contributed by atoms with Gasteiger partial charge in [-0.1, -0.05) is 12.1 Å². The van der Waals surface area contributed by atoms with Crippen molar-refractivity contribution in [2.24, 2.45) is 5.92 Å². The van der Waals surface area contributed by atoms with Crippen LogP contribution in [0.2, 0.25) is 0 Å². The van der Waals surface area contributed by atoms with Crippen LogP contribution >= 0.6 is 0 Å². The van der Waals surface area contributed by atoms with Crippen molar-refractivity contribution in [2.75, 3.05) is 11.9 Å². The summed E-state index contributed by atoms with van der Waals surface area (Å²) in [7, 11) is 0. The molecule has 1 aromatic heterocycles. The second-order valence-electron chi connectivity index (χ2n) is 7.22. The quantitative estimate of drug-likeness (QED) is 0.630. The van der Waals surface area contributed by atoms with Gasteiger partial charge in [-0.05, 0) is 54.3 Å². The minimum Gasteiger partial charge on any atom is -0.347 e. The third-order valence-electron chi connectivity index (χ3n) is 5.05. The third-order valence-corrected chi connectivity index (χ3v) is 5.05. The van der Waals surface area contributed by atoms with Crippen LogP contribution < -0.4 is 10.6 Å². The molecule has 2 atom stereocenters. The van der Waals surface area contributed by atoms with E-state index in [2.05, 4.69) is 20.7 Å². The number of amides is 2. The van der Waals surface area contributed by atoms with Gasteiger partial charge < -0.3 is 10.6 Å². The van der Waals surface area contributed by atoms with E-state index in [0.29, 0.717) is 17.7 Å². The lowest BCUT2D eigenvalue weighted by molar-refractivity contribution is -0.137. The van der Waals surface area contributed by atoms with Crippen LogP contribution in [-0.4, -0.2) is 33.1 Å². The Bertz CT molecular complexity index is 1060. The molecule has 0 saturated heterocycles. The van der Waals surface area contributed by atoms with Gasteiger partial charge in [0.15, 0.2) is 0 Å². The number of hydrogen-bond acceptors (Lipinski definition) is 4. The predicted octanol–water partition coefficient (Wildman–Crippen LogP) is 3.14. The van der Waals surface area contributed by atoms with Gasteiger partial charge in [-0.3, -0.25) is 9.59 Å². The van der Waals surface area contributed by atoms with Crippen LogP contribution in [0.5, 0.6) is 0 Å². The zero-order chi connectivity index (χ0) is 22.0. The number of aromatic nitrogens is 3. The first kappa shape index (κ1) is 20.6. The SMILES string of the molecule is O=C(CNC(=O)C1CC1c1ccc(C(F)(F)F)cc1)Nc1ccc(-n2cncn2)cc1. The molecule has 1 aliphatic rings. The second-order valence-corrected chi connectivity index (χ2v) is 7.22. The summed E-state index contributed by atoms with van der Waals surface area (Å²) in [5.41, 5.74) is 1.32. The van der Waals surface area contributed by atoms with E-state index in [-0.39, 0.29) is 30.2 Å². The first-order valence-electron chi connectivity index (χ1n) is 9.51. The van der Waals surface area contributed by atoms with Gasteiger partial charge in [-0.25, -0.2) is 9.67 Å². The molecule has 1 saturated carbocycles. The Morgan fingerprint density at radius 3 is 2.39 bits per heavy atom. The molecule has 2 unspecified atom stereocenters. The Morgan fingerprint density at radius 2 is 1.77 bits per heavy atom. The van der Waals surface area contributed by atoms with E-state index in [9.17, 15) is 22.8 Å². The van der Waals surface area contributed by atoms with Crippen molar-refractivity contribution < 1.29 is 22.8 Å². The molecule has 0 bridgehead atoms. The minimum atomic E-state index is -4.39. The van der Waals surface area contributed by atoms with E-state index in [4.69, 9.17) is 0 Å². The summed E-state index contributed by atoms with van der Waals surface area (Å²) >= 11 is 0. The Hall–Kier alpha value is -3.69. The van der Waals surface area contributed by atoms with E-state index in [1.807, 2.05) is 0 Å². The molecule has 0 spiro atoms. The van der Waals surface area contributed by atoms with Gasteiger partial charge in [-0.2, -0.15) is 18.3 Å². The number of carbonyl (C=O) groups excluding carboxylic acids is 2. The van der Waals surface area contributed by atoms with Crippen molar-refractivity contribution in [3.05, 3.63) is 72.3 Å². The first-order valence-corrected chi connectivity index (χ1v) is 9.51. The highest BCUT2D eigenvalue weighted by Gasteiger charge is 2.44. The summed E-state index contributed by atoms with van der Waals surface area (Å²) in [6.45, 7) is -0.195. The van der Waals surface area contributed by atoms with Crippen molar-refractivity contribution in [3.63, 3.8) is 0 Å². The molecular weight excluding hydrogens is 411 g/mol. The summed E-state index contributed by atoms with van der Waals surface area (Å²) in [6.07, 6.45) is -0.870. The molecular formula is C21H18F3N5O2. The van der Waals surface area contributed by atoms with Gasteiger partial charge in [0.05, 0.1) is 17.8 Å². The van der Waals surface area contributed by atoms with Gasteiger partial charge in [0.25, 0.3) is 0 Å². The molecule has 160 valence electrons. The monoisotopic (exact) mass is 429 g/mol. The van der Waals surface area contributed by atoms with E-state index in [0.717, 1.165) is 17.8 Å². The summed E-state index contributed by atoms with van der Waals surface area (Å²) in [4.78, 5) is 28.2. The molecule has 0 radical (unpaired) electrons. The van der Waals surface area contributed by atoms with Crippen LogP contribution in [0.3, 0.4) is 0 Å². The van der Waals surface area contributed by atoms with Crippen molar-refractivity contribution >= 4 is 17.5 Å². The number of carbonyl (C=O) groups is 2. The third kappa shape index (κ3) is 4.90. The van der Waals surface area contributed by atoms with E-state index >= 15 is 0 Å². The van der Waals surface area contributed by atoms with Crippen LogP contribution in [-0.2, 0) is 15.8 Å². The maximum absolute atomic E-state index is 12.6. The van der Waals surface area contributed by atoms with Crippen LogP contribution in [0, 0.1) is 5.92 Å². The van der Waals surface area contributed by atoms with Crippen LogP contribution in [0.15, 0.2) is 61.2 Å². The van der Waals surface area contributed by atoms with Gasteiger partial charge in [0.1, 0.15) is 12.7 Å². The van der Waals surface area contributed by atoms with E-state index < -0.39 is 11.7 Å². The lowest BCUT2D eigenvalue weighted by Crippen LogP contribution is -2.34. The molecule has 2 amide bonds. The van der Waals surface area contributed by atoms with Crippen molar-refractivity contribution in [1.82, 2.24) is 20.1 Å². The fourth-order valence-electron chi connectivity index (χ4n) is 3.32. The van der Waals surface area contributed by atoms with Gasteiger partial charge >= 0.3 is 6.18 Å². The highest BCUT2D eigenvalue weighted by molar-refractivity contribution is 5.95. The number of halogens is 3. The summed E-state index contributed by atoms with van der Waals surface area (Å²) in [5, 5.41) is 9.28. The highest BCUT2D eigenvalue weighted by atomic mass is 19.4. The highest BCUT2D eigenvalue weighted by Crippen LogP contribution is 2.47. The lowest BCUT2D eigenvalue weighted by Gasteiger charge is -2.09. The molecule has 10 heteroatoms. The molecule has 1 fully saturated rings. The van der Waals surface area contributed by atoms with Crippen LogP contribution in [0.25, 0.3) is 5.69 Å². The second kappa shape index (κ2) is 8.21. The molecule has 31 heavy (non-hydrogen) atoms. The topological polar surface area (TPSA) is 88.9 Å². The molecule has 1 aliphatic carbocycles. The standard InChI is InChI=1S/C21H18F3N5O2/c22-21(23,24)14-3-1-13(2-4-14)17-9-18(17)20(31)26-10-19(30)28-15-5-7-16(8-6-15)29-12-25-11-27-29/h1-8,11-12,17-18H,9-10H2,(H,26,31)(H,28,30). The normalized spacial score (nSPS) is 17.8. The van der Waals surface area contributed by atoms with E-state index in [1.54, 1.807) is 35.3 Å². The Balaban J connectivity index is 1.24. The van der Waals surface area contributed by atoms with E-state index in [1.165, 1.54) is 18.5 Å². The van der Waals surface area contributed by atoms with Crippen molar-refractivity contribution in [1.29, 1.82) is 0 Å².